The molecule has 13 aliphatic heterocycles. The number of ether oxygens (including phenoxy) is 4. The number of aliphatic carboxylic acids is 4. The summed E-state index contributed by atoms with van der Waals surface area (Å²) in [4.78, 5) is 193. The largest absolute Gasteiger partial charge is 0.493 e. The van der Waals surface area contributed by atoms with Crippen LogP contribution in [0.15, 0.2) is 24.3 Å². The van der Waals surface area contributed by atoms with Gasteiger partial charge in [-0.05, 0) is 77.6 Å². The third kappa shape index (κ3) is 7.76. The molecule has 2 aromatic rings. The van der Waals surface area contributed by atoms with Crippen LogP contribution in [0.25, 0.3) is 0 Å². The van der Waals surface area contributed by atoms with Gasteiger partial charge in [0, 0.05) is 47.9 Å². The van der Waals surface area contributed by atoms with Gasteiger partial charge in [-0.1, -0.05) is 0 Å². The molecule has 16 amide bonds. The van der Waals surface area contributed by atoms with E-state index in [-0.39, 0.29) is 127 Å². The standard InChI is InChI=1S/C58H68N16O20/c1-55-57(3)71-27-63-45-43-59(47(63)83)25-61-44-46-65(49(61)85)29-73-53(89)69-23-33-34(38(94-20-8-12-42(81)82)16-15-37(33)93-19-7-11-41(79)80)24-70-54(90)74(58(73,4)56(69,70)2)30-66(46)50(86)62(44)26-60(43)48(84)64(45)28-72(57)52(88)68(55)22-32-31(21-67(55)51(71)87)35(91-17-5-9-39(75)76)13-14-36(32)92-18-6-10-40(77)78/h13-16,43-46H,5-12,17-30H2,1-4H3,(H,75,76)(H,77,78)(H,79,80)(H,81,82). The summed E-state index contributed by atoms with van der Waals surface area (Å²) >= 11 is 0. The maximum absolute atomic E-state index is 15.6. The average molecular weight is 1310 g/mol. The summed E-state index contributed by atoms with van der Waals surface area (Å²) in [6, 6.07) is 1.20. The van der Waals surface area contributed by atoms with Gasteiger partial charge in [-0.15, -0.1) is 0 Å². The number of carboxylic acids is 4. The monoisotopic (exact) mass is 1310 g/mol. The van der Waals surface area contributed by atoms with Crippen molar-refractivity contribution in [3.05, 3.63) is 46.5 Å². The lowest BCUT2D eigenvalue weighted by atomic mass is 9.95. The number of hydrogen-bond donors (Lipinski definition) is 4. The predicted octanol–water partition coefficient (Wildman–Crippen LogP) is 2.24. The van der Waals surface area contributed by atoms with E-state index in [9.17, 15) is 39.6 Å². The van der Waals surface area contributed by atoms with Crippen molar-refractivity contribution < 1.29 is 96.9 Å². The van der Waals surface area contributed by atoms with Gasteiger partial charge in [0.05, 0.1) is 52.6 Å². The highest BCUT2D eigenvalue weighted by atomic mass is 16.5. The number of carbonyl (C=O) groups excluding carboxylic acids is 8. The summed E-state index contributed by atoms with van der Waals surface area (Å²) < 4.78 is 24.8. The van der Waals surface area contributed by atoms with E-state index < -0.39 is 159 Å². The Balaban J connectivity index is 0.753. The highest BCUT2D eigenvalue weighted by Gasteiger charge is 2.80. The summed E-state index contributed by atoms with van der Waals surface area (Å²) in [5.74, 6) is -2.97. The van der Waals surface area contributed by atoms with Crippen molar-refractivity contribution in [2.75, 3.05) is 66.4 Å². The van der Waals surface area contributed by atoms with E-state index in [2.05, 4.69) is 0 Å². The van der Waals surface area contributed by atoms with Crippen LogP contribution >= 0.6 is 0 Å². The fourth-order valence-electron chi connectivity index (χ4n) is 16.8. The van der Waals surface area contributed by atoms with Crippen LogP contribution in [0.1, 0.15) is 101 Å². The van der Waals surface area contributed by atoms with Gasteiger partial charge in [0.2, 0.25) is 0 Å². The molecular formula is C58H68N16O20. The fourth-order valence-corrected chi connectivity index (χ4v) is 16.8. The van der Waals surface area contributed by atoms with Crippen LogP contribution in [-0.2, 0) is 45.4 Å². The summed E-state index contributed by atoms with van der Waals surface area (Å²) in [7, 11) is 0. The van der Waals surface area contributed by atoms with Gasteiger partial charge in [-0.3, -0.25) is 97.6 Å². The van der Waals surface area contributed by atoms with E-state index in [0.717, 1.165) is 0 Å². The second-order valence-corrected chi connectivity index (χ2v) is 26.1. The number of benzene rings is 2. The molecule has 4 N–H and O–H groups in total. The van der Waals surface area contributed by atoms with E-state index in [4.69, 9.17) is 18.9 Å². The quantitative estimate of drug-likeness (QED) is 0.138. The molecule has 0 spiro atoms. The Kier molecular flexibility index (Phi) is 13.1. The van der Waals surface area contributed by atoms with Crippen LogP contribution in [0, 0.1) is 0 Å². The lowest BCUT2D eigenvalue weighted by Gasteiger charge is -2.49. The van der Waals surface area contributed by atoms with Gasteiger partial charge < -0.3 is 39.4 Å². The lowest BCUT2D eigenvalue weighted by molar-refractivity contribution is -0.138. The number of fused-ring (bicyclic) bond motifs is 2. The minimum absolute atomic E-state index is 0.0182. The summed E-state index contributed by atoms with van der Waals surface area (Å²) in [6.07, 6.45) is -5.08. The fraction of sp³-hybridized carbons (Fsp3) is 0.586. The lowest BCUT2D eigenvalue weighted by Crippen LogP contribution is -2.69. The van der Waals surface area contributed by atoms with E-state index in [1.54, 1.807) is 52.0 Å². The normalized spacial score (nSPS) is 29.5. The minimum atomic E-state index is -1.65. The molecule has 36 nitrogen and oxygen atoms in total. The maximum Gasteiger partial charge on any atom is 0.326 e. The van der Waals surface area contributed by atoms with Crippen molar-refractivity contribution in [1.82, 2.24) is 78.4 Å². The first-order valence-electron chi connectivity index (χ1n) is 31.1. The number of amides is 16. The number of hydrogen-bond acceptors (Lipinski definition) is 16. The predicted molar refractivity (Wildman–Crippen MR) is 308 cm³/mol. The Bertz CT molecular complexity index is 3330. The van der Waals surface area contributed by atoms with Gasteiger partial charge >= 0.3 is 72.1 Å². The minimum Gasteiger partial charge on any atom is -0.493 e. The third-order valence-electron chi connectivity index (χ3n) is 21.8. The zero-order chi connectivity index (χ0) is 66.3. The average Bonchev–Trinajstić information content (AvgIpc) is 1.50. The van der Waals surface area contributed by atoms with Crippen LogP contribution in [-0.4, -0.2) is 285 Å². The second-order valence-electron chi connectivity index (χ2n) is 26.1. The van der Waals surface area contributed by atoms with E-state index in [1.165, 1.54) is 78.4 Å². The van der Waals surface area contributed by atoms with Crippen molar-refractivity contribution in [1.29, 1.82) is 0 Å². The number of carbonyl (C=O) groups is 12. The van der Waals surface area contributed by atoms with E-state index >= 15 is 38.4 Å². The van der Waals surface area contributed by atoms with E-state index in [0.29, 0.717) is 22.3 Å². The molecule has 94 heavy (non-hydrogen) atoms. The molecule has 0 aromatic heterocycles. The Morgan fingerprint density at radius 2 is 0.521 bits per heavy atom. The Hall–Kier alpha value is -10.3. The molecular weight excluding hydrogens is 1240 g/mol. The first-order valence-corrected chi connectivity index (χ1v) is 31.1. The van der Waals surface area contributed by atoms with Crippen molar-refractivity contribution >= 4 is 72.1 Å². The molecule has 0 radical (unpaired) electrons. The number of carboxylic acid groups (broad SMARTS) is 4. The highest BCUT2D eigenvalue weighted by Crippen LogP contribution is 2.59. The van der Waals surface area contributed by atoms with Gasteiger partial charge in [0.15, 0.2) is 47.3 Å². The number of rotatable bonds is 20. The number of nitrogens with zero attached hydrogens (tertiary/aromatic N) is 16. The van der Waals surface area contributed by atoms with Crippen molar-refractivity contribution in [2.45, 2.75) is 153 Å². The maximum atomic E-state index is 15.6. The Morgan fingerprint density at radius 1 is 0.330 bits per heavy atom. The first kappa shape index (κ1) is 60.0. The summed E-state index contributed by atoms with van der Waals surface area (Å²) in [5.41, 5.74) is -4.65. The zero-order valence-corrected chi connectivity index (χ0v) is 51.7. The SMILES string of the molecule is CC12N3Cc4c(OCCCC(=O)O)ccc(OCCCC(=O)O)c4CN1C(=O)N1CN4C(=O)N5CN6C(=O)N7CN8C(=O)N9Cc%10c(OCCCC(=O)O)ccc(OCCCC(=O)O)c%10CN%10C(=O)N(CN%11C(=O)N(CN%12C(=O)N(CN(C3=O)C12C)C4C%125)C6C%117)C8(C)C%109C. The molecule has 0 bridgehead atoms. The van der Waals surface area contributed by atoms with E-state index in [1.807, 2.05) is 0 Å². The molecule has 36 heteroatoms. The second kappa shape index (κ2) is 20.6. The molecule has 13 heterocycles. The Labute approximate surface area is 534 Å². The van der Waals surface area contributed by atoms with Gasteiger partial charge in [-0.25, -0.2) is 38.4 Å². The zero-order valence-electron chi connectivity index (χ0n) is 51.7. The van der Waals surface area contributed by atoms with Crippen molar-refractivity contribution in [3.8, 4) is 23.0 Å². The highest BCUT2D eigenvalue weighted by molar-refractivity contribution is 5.94. The first-order chi connectivity index (χ1) is 44.8. The molecule has 0 atom stereocenters. The molecule has 13 aliphatic rings. The van der Waals surface area contributed by atoms with Crippen molar-refractivity contribution in [2.24, 2.45) is 0 Å². The van der Waals surface area contributed by atoms with Crippen LogP contribution < -0.4 is 18.9 Å². The molecule has 500 valence electrons. The van der Waals surface area contributed by atoms with Crippen LogP contribution in [0.5, 0.6) is 23.0 Å². The van der Waals surface area contributed by atoms with Gasteiger partial charge in [0.25, 0.3) is 0 Å². The van der Waals surface area contributed by atoms with Crippen LogP contribution in [0.2, 0.25) is 0 Å². The molecule has 11 fully saturated rings. The third-order valence-corrected chi connectivity index (χ3v) is 21.8. The van der Waals surface area contributed by atoms with Crippen LogP contribution in [0.3, 0.4) is 0 Å². The molecule has 11 saturated heterocycles. The molecule has 0 unspecified atom stereocenters. The van der Waals surface area contributed by atoms with Gasteiger partial charge in [-0.2, -0.15) is 0 Å². The topological polar surface area (TPSA) is 375 Å². The van der Waals surface area contributed by atoms with Gasteiger partial charge in [0.1, 0.15) is 63.0 Å². The summed E-state index contributed by atoms with van der Waals surface area (Å²) in [5, 5.41) is 37.5. The molecule has 15 rings (SSSR count). The van der Waals surface area contributed by atoms with Crippen LogP contribution in [0.4, 0.5) is 38.4 Å². The molecule has 0 saturated carbocycles. The summed E-state index contributed by atoms with van der Waals surface area (Å²) in [6.45, 7) is 3.00. The molecule has 0 aliphatic carbocycles. The van der Waals surface area contributed by atoms with Crippen molar-refractivity contribution in [3.63, 3.8) is 0 Å². The smallest absolute Gasteiger partial charge is 0.326 e. The molecule has 2 aromatic carbocycles. The number of urea groups is 8. The Morgan fingerprint density at radius 3 is 0.723 bits per heavy atom.